The number of hydrogen-bond acceptors (Lipinski definition) is 2. The molecule has 3 nitrogen and oxygen atoms in total. The van der Waals surface area contributed by atoms with E-state index in [1.54, 1.807) is 6.20 Å². The van der Waals surface area contributed by atoms with Gasteiger partial charge in [-0.1, -0.05) is 13.8 Å². The summed E-state index contributed by atoms with van der Waals surface area (Å²) in [6, 6.07) is 0. The predicted molar refractivity (Wildman–Crippen MR) is 65.5 cm³/mol. The van der Waals surface area contributed by atoms with Crippen LogP contribution < -0.4 is 5.32 Å². The fourth-order valence-electron chi connectivity index (χ4n) is 1.67. The van der Waals surface area contributed by atoms with Crippen molar-refractivity contribution in [3.63, 3.8) is 0 Å². The van der Waals surface area contributed by atoms with Gasteiger partial charge in [-0.25, -0.2) is 4.98 Å². The van der Waals surface area contributed by atoms with Crippen LogP contribution in [0.5, 0.6) is 0 Å². The SMILES string of the molecule is CC(C)Cn1ccnc1NCCCCC(F)(F)F. The highest BCUT2D eigenvalue weighted by Crippen LogP contribution is 2.22. The summed E-state index contributed by atoms with van der Waals surface area (Å²) in [7, 11) is 0. The van der Waals surface area contributed by atoms with Gasteiger partial charge in [0.25, 0.3) is 0 Å². The Morgan fingerprint density at radius 1 is 1.33 bits per heavy atom. The third kappa shape index (κ3) is 5.93. The number of rotatable bonds is 7. The van der Waals surface area contributed by atoms with Crippen molar-refractivity contribution in [2.75, 3.05) is 11.9 Å². The molecule has 0 atom stereocenters. The maximum absolute atomic E-state index is 11.9. The fraction of sp³-hybridized carbons (Fsp3) is 0.750. The van der Waals surface area contributed by atoms with Crippen LogP contribution in [0, 0.1) is 5.92 Å². The lowest BCUT2D eigenvalue weighted by atomic mass is 10.2. The highest BCUT2D eigenvalue weighted by Gasteiger charge is 2.25. The molecule has 104 valence electrons. The van der Waals surface area contributed by atoms with Gasteiger partial charge in [-0.05, 0) is 18.8 Å². The number of alkyl halides is 3. The van der Waals surface area contributed by atoms with Gasteiger partial charge in [-0.2, -0.15) is 13.2 Å². The summed E-state index contributed by atoms with van der Waals surface area (Å²) in [6.45, 7) is 5.58. The first kappa shape index (κ1) is 14.9. The molecule has 0 unspecified atom stereocenters. The predicted octanol–water partition coefficient (Wildman–Crippen LogP) is 3.68. The average molecular weight is 263 g/mol. The van der Waals surface area contributed by atoms with E-state index in [0.29, 0.717) is 18.9 Å². The standard InChI is InChI=1S/C12H20F3N3/c1-10(2)9-18-8-7-17-11(18)16-6-4-3-5-12(13,14)15/h7-8,10H,3-6,9H2,1-2H3,(H,16,17). The molecule has 6 heteroatoms. The van der Waals surface area contributed by atoms with Gasteiger partial charge in [-0.15, -0.1) is 0 Å². The number of nitrogens with zero attached hydrogens (tertiary/aromatic N) is 2. The Morgan fingerprint density at radius 2 is 2.06 bits per heavy atom. The van der Waals surface area contributed by atoms with Gasteiger partial charge in [0.15, 0.2) is 0 Å². The summed E-state index contributed by atoms with van der Waals surface area (Å²) in [4.78, 5) is 4.15. The van der Waals surface area contributed by atoms with Crippen LogP contribution in [0.2, 0.25) is 0 Å². The molecule has 0 aliphatic carbocycles. The lowest BCUT2D eigenvalue weighted by molar-refractivity contribution is -0.135. The largest absolute Gasteiger partial charge is 0.389 e. The quantitative estimate of drug-likeness (QED) is 0.760. The Balaban J connectivity index is 2.25. The van der Waals surface area contributed by atoms with Crippen LogP contribution in [0.1, 0.15) is 33.1 Å². The zero-order chi connectivity index (χ0) is 13.6. The Hall–Kier alpha value is -1.20. The van der Waals surface area contributed by atoms with Crippen LogP contribution in [0.25, 0.3) is 0 Å². The van der Waals surface area contributed by atoms with E-state index >= 15 is 0 Å². The molecule has 1 rings (SSSR count). The van der Waals surface area contributed by atoms with E-state index in [1.165, 1.54) is 0 Å². The molecule has 0 fully saturated rings. The molecule has 1 aromatic heterocycles. The van der Waals surface area contributed by atoms with Crippen molar-refractivity contribution >= 4 is 5.95 Å². The second kappa shape index (κ2) is 6.66. The van der Waals surface area contributed by atoms with Gasteiger partial charge in [-0.3, -0.25) is 0 Å². The van der Waals surface area contributed by atoms with Crippen molar-refractivity contribution in [2.24, 2.45) is 5.92 Å². The lowest BCUT2D eigenvalue weighted by Crippen LogP contribution is -2.12. The maximum Gasteiger partial charge on any atom is 0.389 e. The Morgan fingerprint density at radius 3 is 2.67 bits per heavy atom. The van der Waals surface area contributed by atoms with Crippen LogP contribution >= 0.6 is 0 Å². The van der Waals surface area contributed by atoms with E-state index in [9.17, 15) is 13.2 Å². The minimum atomic E-state index is -4.05. The topological polar surface area (TPSA) is 29.9 Å². The van der Waals surface area contributed by atoms with Crippen LogP contribution in [-0.2, 0) is 6.54 Å². The number of nitrogens with one attached hydrogen (secondary N) is 1. The molecule has 0 saturated carbocycles. The highest BCUT2D eigenvalue weighted by atomic mass is 19.4. The Bertz CT molecular complexity index is 345. The van der Waals surface area contributed by atoms with Crippen molar-refractivity contribution in [2.45, 2.75) is 45.8 Å². The van der Waals surface area contributed by atoms with Crippen LogP contribution in [0.4, 0.5) is 19.1 Å². The molecule has 0 bridgehead atoms. The third-order valence-electron chi connectivity index (χ3n) is 2.45. The molecular formula is C12H20F3N3. The molecular weight excluding hydrogens is 243 g/mol. The Labute approximate surface area is 105 Å². The van der Waals surface area contributed by atoms with E-state index in [4.69, 9.17) is 0 Å². The first-order valence-electron chi connectivity index (χ1n) is 6.20. The van der Waals surface area contributed by atoms with Crippen molar-refractivity contribution in [1.82, 2.24) is 9.55 Å². The average Bonchev–Trinajstić information content (AvgIpc) is 2.62. The molecule has 0 aromatic carbocycles. The van der Waals surface area contributed by atoms with Gasteiger partial charge >= 0.3 is 6.18 Å². The van der Waals surface area contributed by atoms with E-state index in [-0.39, 0.29) is 6.42 Å². The summed E-state index contributed by atoms with van der Waals surface area (Å²) >= 11 is 0. The van der Waals surface area contributed by atoms with Crippen LogP contribution in [0.15, 0.2) is 12.4 Å². The van der Waals surface area contributed by atoms with Crippen molar-refractivity contribution < 1.29 is 13.2 Å². The zero-order valence-electron chi connectivity index (χ0n) is 10.8. The first-order valence-corrected chi connectivity index (χ1v) is 6.20. The van der Waals surface area contributed by atoms with Crippen molar-refractivity contribution in [3.8, 4) is 0 Å². The minimum Gasteiger partial charge on any atom is -0.356 e. The van der Waals surface area contributed by atoms with Gasteiger partial charge < -0.3 is 9.88 Å². The van der Waals surface area contributed by atoms with Crippen molar-refractivity contribution in [3.05, 3.63) is 12.4 Å². The zero-order valence-corrected chi connectivity index (χ0v) is 10.8. The molecule has 0 saturated heterocycles. The van der Waals surface area contributed by atoms with Gasteiger partial charge in [0.2, 0.25) is 5.95 Å². The normalized spacial score (nSPS) is 12.1. The summed E-state index contributed by atoms with van der Waals surface area (Å²) in [6.07, 6.45) is -0.543. The summed E-state index contributed by atoms with van der Waals surface area (Å²) in [5, 5.41) is 3.07. The molecule has 1 heterocycles. The van der Waals surface area contributed by atoms with E-state index in [0.717, 1.165) is 12.5 Å². The van der Waals surface area contributed by atoms with Gasteiger partial charge in [0.05, 0.1) is 0 Å². The molecule has 0 amide bonds. The minimum absolute atomic E-state index is 0.154. The van der Waals surface area contributed by atoms with Gasteiger partial charge in [0, 0.05) is 31.9 Å². The third-order valence-corrected chi connectivity index (χ3v) is 2.45. The highest BCUT2D eigenvalue weighted by molar-refractivity contribution is 5.25. The fourth-order valence-corrected chi connectivity index (χ4v) is 1.67. The van der Waals surface area contributed by atoms with Crippen LogP contribution in [0.3, 0.4) is 0 Å². The summed E-state index contributed by atoms with van der Waals surface area (Å²) in [5.41, 5.74) is 0. The molecule has 1 aromatic rings. The second-order valence-electron chi connectivity index (χ2n) is 4.80. The number of aromatic nitrogens is 2. The summed E-state index contributed by atoms with van der Waals surface area (Å²) < 4.78 is 37.8. The number of hydrogen-bond donors (Lipinski definition) is 1. The molecule has 0 aliphatic heterocycles. The first-order chi connectivity index (χ1) is 8.38. The second-order valence-corrected chi connectivity index (χ2v) is 4.80. The summed E-state index contributed by atoms with van der Waals surface area (Å²) in [5.74, 6) is 1.24. The number of halogens is 3. The van der Waals surface area contributed by atoms with E-state index < -0.39 is 12.6 Å². The molecule has 0 spiro atoms. The monoisotopic (exact) mass is 263 g/mol. The maximum atomic E-state index is 11.9. The smallest absolute Gasteiger partial charge is 0.356 e. The number of anilines is 1. The van der Waals surface area contributed by atoms with E-state index in [1.807, 2.05) is 10.8 Å². The van der Waals surface area contributed by atoms with E-state index in [2.05, 4.69) is 24.1 Å². The number of imidazole rings is 1. The molecule has 18 heavy (non-hydrogen) atoms. The molecule has 1 N–H and O–H groups in total. The number of unbranched alkanes of at least 4 members (excludes halogenated alkanes) is 1. The van der Waals surface area contributed by atoms with Crippen LogP contribution in [-0.4, -0.2) is 22.3 Å². The molecule has 0 radical (unpaired) electrons. The molecule has 0 aliphatic rings. The Kier molecular flexibility index (Phi) is 5.50. The van der Waals surface area contributed by atoms with Crippen molar-refractivity contribution in [1.29, 1.82) is 0 Å². The van der Waals surface area contributed by atoms with Gasteiger partial charge in [0.1, 0.15) is 0 Å². The lowest BCUT2D eigenvalue weighted by Gasteiger charge is -2.12.